The third-order valence-corrected chi connectivity index (χ3v) is 5.32. The Labute approximate surface area is 160 Å². The maximum Gasteiger partial charge on any atom is 0.222 e. The molecule has 2 N–H and O–H groups in total. The van der Waals surface area contributed by atoms with E-state index in [4.69, 9.17) is 5.11 Å². The Morgan fingerprint density at radius 3 is 2.52 bits per heavy atom. The van der Waals surface area contributed by atoms with Crippen molar-refractivity contribution in [3.05, 3.63) is 36.0 Å². The van der Waals surface area contributed by atoms with Crippen molar-refractivity contribution in [2.24, 2.45) is 0 Å². The number of carbonyl (C=O) groups is 2. The molecule has 2 heterocycles. The molecule has 0 bridgehead atoms. The van der Waals surface area contributed by atoms with Gasteiger partial charge in [-0.05, 0) is 24.5 Å². The highest BCUT2D eigenvalue weighted by Gasteiger charge is 2.21. The first-order valence-corrected chi connectivity index (χ1v) is 9.85. The van der Waals surface area contributed by atoms with E-state index in [2.05, 4.69) is 34.3 Å². The zero-order valence-corrected chi connectivity index (χ0v) is 15.8. The van der Waals surface area contributed by atoms with Crippen LogP contribution in [0.2, 0.25) is 0 Å². The molecule has 1 fully saturated rings. The molecule has 1 aromatic heterocycles. The van der Waals surface area contributed by atoms with E-state index in [1.54, 1.807) is 0 Å². The maximum absolute atomic E-state index is 12.3. The van der Waals surface area contributed by atoms with Crippen LogP contribution in [0.25, 0.3) is 10.9 Å². The van der Waals surface area contributed by atoms with Crippen LogP contribution < -0.4 is 0 Å². The van der Waals surface area contributed by atoms with E-state index >= 15 is 0 Å². The Bertz CT molecular complexity index is 763. The van der Waals surface area contributed by atoms with E-state index in [1.165, 1.54) is 16.5 Å². The first-order chi connectivity index (χ1) is 13.2. The van der Waals surface area contributed by atoms with Crippen LogP contribution in [-0.4, -0.2) is 64.4 Å². The van der Waals surface area contributed by atoms with Crippen LogP contribution in [0, 0.1) is 0 Å². The number of para-hydroxylation sites is 1. The van der Waals surface area contributed by atoms with Crippen molar-refractivity contribution in [3.8, 4) is 0 Å². The van der Waals surface area contributed by atoms with Crippen LogP contribution in [0.3, 0.4) is 0 Å². The summed E-state index contributed by atoms with van der Waals surface area (Å²) in [6, 6.07) is 8.34. The van der Waals surface area contributed by atoms with Crippen LogP contribution >= 0.6 is 0 Å². The zero-order valence-electron chi connectivity index (χ0n) is 15.8. The monoisotopic (exact) mass is 371 g/mol. The first kappa shape index (κ1) is 19.6. The number of carbonyl (C=O) groups excluding carboxylic acids is 2. The third-order valence-electron chi connectivity index (χ3n) is 5.32. The third kappa shape index (κ3) is 5.40. The fraction of sp³-hybridized carbons (Fsp3) is 0.524. The number of hydrogen-bond acceptors (Lipinski definition) is 4. The summed E-state index contributed by atoms with van der Waals surface area (Å²) < 4.78 is 0. The molecule has 0 saturated carbocycles. The smallest absolute Gasteiger partial charge is 0.222 e. The molecular weight excluding hydrogens is 342 g/mol. The molecule has 0 aliphatic carbocycles. The second-order valence-electron chi connectivity index (χ2n) is 7.27. The maximum atomic E-state index is 12.3. The number of aliphatic hydroxyl groups is 1. The van der Waals surface area contributed by atoms with Gasteiger partial charge in [0.1, 0.15) is 6.61 Å². The fourth-order valence-corrected chi connectivity index (χ4v) is 3.67. The second kappa shape index (κ2) is 9.67. The molecule has 0 radical (unpaired) electrons. The van der Waals surface area contributed by atoms with E-state index in [1.807, 2.05) is 11.0 Å². The van der Waals surface area contributed by atoms with Gasteiger partial charge >= 0.3 is 0 Å². The Morgan fingerprint density at radius 1 is 1.00 bits per heavy atom. The molecule has 1 aliphatic rings. The Balaban J connectivity index is 1.37. The molecule has 2 aromatic rings. The molecule has 1 aromatic carbocycles. The van der Waals surface area contributed by atoms with Gasteiger partial charge in [0.05, 0.1) is 0 Å². The van der Waals surface area contributed by atoms with Crippen molar-refractivity contribution < 1.29 is 14.7 Å². The van der Waals surface area contributed by atoms with Crippen molar-refractivity contribution in [3.63, 3.8) is 0 Å². The van der Waals surface area contributed by atoms with E-state index in [9.17, 15) is 9.59 Å². The van der Waals surface area contributed by atoms with Gasteiger partial charge in [0.25, 0.3) is 0 Å². The lowest BCUT2D eigenvalue weighted by atomic mass is 10.1. The van der Waals surface area contributed by atoms with Crippen molar-refractivity contribution in [1.29, 1.82) is 0 Å². The molecule has 1 amide bonds. The molecule has 0 spiro atoms. The lowest BCUT2D eigenvalue weighted by molar-refractivity contribution is -0.133. The summed E-state index contributed by atoms with van der Waals surface area (Å²) in [5, 5.41) is 9.96. The van der Waals surface area contributed by atoms with Gasteiger partial charge in [-0.1, -0.05) is 24.6 Å². The number of piperazine rings is 1. The minimum Gasteiger partial charge on any atom is -0.389 e. The largest absolute Gasteiger partial charge is 0.389 e. The van der Waals surface area contributed by atoms with Gasteiger partial charge < -0.3 is 15.0 Å². The Morgan fingerprint density at radius 2 is 1.74 bits per heavy atom. The van der Waals surface area contributed by atoms with Gasteiger partial charge in [-0.25, -0.2) is 0 Å². The predicted octanol–water partition coefficient (Wildman–Crippen LogP) is 2.32. The highest BCUT2D eigenvalue weighted by Crippen LogP contribution is 2.20. The number of benzene rings is 1. The number of unbranched alkanes of at least 4 members (excludes halogenated alkanes) is 2. The normalized spacial score (nSPS) is 15.4. The summed E-state index contributed by atoms with van der Waals surface area (Å²) in [7, 11) is 0. The van der Waals surface area contributed by atoms with Crippen molar-refractivity contribution >= 4 is 22.6 Å². The van der Waals surface area contributed by atoms with Gasteiger partial charge in [-0.15, -0.1) is 0 Å². The highest BCUT2D eigenvalue weighted by molar-refractivity contribution is 5.83. The van der Waals surface area contributed by atoms with Crippen molar-refractivity contribution in [2.45, 2.75) is 38.6 Å². The number of ketones is 1. The summed E-state index contributed by atoms with van der Waals surface area (Å²) in [6.45, 7) is 3.90. The number of hydrogen-bond donors (Lipinski definition) is 2. The Hall–Kier alpha value is -2.18. The zero-order chi connectivity index (χ0) is 19.1. The summed E-state index contributed by atoms with van der Waals surface area (Å²) >= 11 is 0. The van der Waals surface area contributed by atoms with Crippen LogP contribution in [0.5, 0.6) is 0 Å². The molecule has 1 aliphatic heterocycles. The van der Waals surface area contributed by atoms with Crippen LogP contribution in [0.4, 0.5) is 0 Å². The second-order valence-corrected chi connectivity index (χ2v) is 7.27. The molecule has 27 heavy (non-hydrogen) atoms. The summed E-state index contributed by atoms with van der Waals surface area (Å²) in [4.78, 5) is 31.1. The van der Waals surface area contributed by atoms with E-state index in [0.717, 1.165) is 52.0 Å². The quantitative estimate of drug-likeness (QED) is 0.663. The molecule has 6 heteroatoms. The number of H-pyrrole nitrogens is 1. The highest BCUT2D eigenvalue weighted by atomic mass is 16.3. The number of fused-ring (bicyclic) bond motifs is 1. The Kier molecular flexibility index (Phi) is 7.01. The number of rotatable bonds is 9. The lowest BCUT2D eigenvalue weighted by Crippen LogP contribution is -2.48. The number of nitrogens with zero attached hydrogens (tertiary/aromatic N) is 2. The van der Waals surface area contributed by atoms with E-state index in [-0.39, 0.29) is 18.3 Å². The number of amides is 1. The molecular formula is C21H29N3O3. The van der Waals surface area contributed by atoms with E-state index < -0.39 is 0 Å². The predicted molar refractivity (Wildman–Crippen MR) is 105 cm³/mol. The molecule has 0 unspecified atom stereocenters. The van der Waals surface area contributed by atoms with Gasteiger partial charge in [-0.3, -0.25) is 14.5 Å². The summed E-state index contributed by atoms with van der Waals surface area (Å²) in [5.74, 6) is 0.0999. The van der Waals surface area contributed by atoms with Crippen molar-refractivity contribution in [2.75, 3.05) is 32.8 Å². The summed E-state index contributed by atoms with van der Waals surface area (Å²) in [5.41, 5.74) is 2.48. The number of aromatic amines is 1. The van der Waals surface area contributed by atoms with Gasteiger partial charge in [-0.2, -0.15) is 0 Å². The van der Waals surface area contributed by atoms with Crippen LogP contribution in [0.15, 0.2) is 30.5 Å². The molecule has 1 saturated heterocycles. The molecule has 6 nitrogen and oxygen atoms in total. The van der Waals surface area contributed by atoms with Crippen LogP contribution in [0.1, 0.15) is 37.7 Å². The van der Waals surface area contributed by atoms with Gasteiger partial charge in [0.15, 0.2) is 5.78 Å². The number of nitrogens with one attached hydrogen (secondary N) is 1. The van der Waals surface area contributed by atoms with Gasteiger partial charge in [0, 0.05) is 62.7 Å². The topological polar surface area (TPSA) is 76.6 Å². The van der Waals surface area contributed by atoms with Gasteiger partial charge in [0.2, 0.25) is 5.91 Å². The lowest BCUT2D eigenvalue weighted by Gasteiger charge is -2.34. The van der Waals surface area contributed by atoms with Crippen molar-refractivity contribution in [1.82, 2.24) is 14.8 Å². The van der Waals surface area contributed by atoms with E-state index in [0.29, 0.717) is 12.8 Å². The number of aromatic nitrogens is 1. The minimum atomic E-state index is -0.373. The first-order valence-electron chi connectivity index (χ1n) is 9.85. The number of aliphatic hydroxyl groups excluding tert-OH is 1. The average Bonchev–Trinajstić information content (AvgIpc) is 3.11. The SMILES string of the molecule is O=C(CO)CCCCCC(=O)N1CCN(Cc2c[nH]c3ccccc23)CC1. The minimum absolute atomic E-state index is 0.118. The summed E-state index contributed by atoms with van der Waals surface area (Å²) in [6.07, 6.45) is 5.48. The molecule has 146 valence electrons. The number of Topliss-reactive ketones (excluding diaryl/α,β-unsaturated/α-hetero) is 1. The molecule has 3 rings (SSSR count). The fourth-order valence-electron chi connectivity index (χ4n) is 3.67. The standard InChI is InChI=1S/C21H29N3O3/c25-16-18(26)6-2-1-3-9-21(27)24-12-10-23(11-13-24)15-17-14-22-20-8-5-4-7-19(17)20/h4-5,7-8,14,22,25H,1-3,6,9-13,15-16H2. The molecule has 0 atom stereocenters. The van der Waals surface area contributed by atoms with Crippen LogP contribution in [-0.2, 0) is 16.1 Å². The average molecular weight is 371 g/mol.